The Balaban J connectivity index is 1.45. The van der Waals surface area contributed by atoms with Crippen molar-refractivity contribution >= 4 is 21.8 Å². The summed E-state index contributed by atoms with van der Waals surface area (Å²) in [6, 6.07) is 5.99. The summed E-state index contributed by atoms with van der Waals surface area (Å²) in [4.78, 5) is 14.5. The third kappa shape index (κ3) is 4.27. The quantitative estimate of drug-likeness (QED) is 0.872. The van der Waals surface area contributed by atoms with Crippen LogP contribution in [0.3, 0.4) is 0 Å². The average Bonchev–Trinajstić information content (AvgIpc) is 2.88. The zero-order valence-corrected chi connectivity index (χ0v) is 15.3. The number of rotatable bonds is 4. The number of hydrogen-bond acceptors (Lipinski definition) is 3. The predicted octanol–water partition coefficient (Wildman–Crippen LogP) is 2.98. The van der Waals surface area contributed by atoms with Crippen LogP contribution in [0.5, 0.6) is 5.75 Å². The van der Waals surface area contributed by atoms with Crippen LogP contribution >= 0.6 is 15.9 Å². The fraction of sp³-hybridized carbons (Fsp3) is 0.611. The summed E-state index contributed by atoms with van der Waals surface area (Å²) >= 11 is 3.50. The number of aryl methyl sites for hydroxylation is 1. The van der Waals surface area contributed by atoms with Crippen molar-refractivity contribution in [2.24, 2.45) is 11.8 Å². The van der Waals surface area contributed by atoms with E-state index in [0.717, 1.165) is 61.1 Å². The average molecular weight is 381 g/mol. The number of benzene rings is 1. The van der Waals surface area contributed by atoms with Gasteiger partial charge in [-0.15, -0.1) is 0 Å². The molecule has 0 aliphatic carbocycles. The number of ether oxygens (including phenoxy) is 1. The maximum absolute atomic E-state index is 12.4. The van der Waals surface area contributed by atoms with Gasteiger partial charge in [0.1, 0.15) is 5.75 Å². The number of amides is 1. The molecule has 2 heterocycles. The number of likely N-dealkylation sites (tertiary alicyclic amines) is 1. The summed E-state index contributed by atoms with van der Waals surface area (Å²) in [5.41, 5.74) is 1.19. The highest BCUT2D eigenvalue weighted by atomic mass is 79.9. The highest BCUT2D eigenvalue weighted by Crippen LogP contribution is 2.28. The molecule has 126 valence electrons. The summed E-state index contributed by atoms with van der Waals surface area (Å²) in [5.74, 6) is 2.54. The van der Waals surface area contributed by atoms with Crippen LogP contribution in [0.2, 0.25) is 0 Å². The van der Waals surface area contributed by atoms with Crippen LogP contribution in [0.1, 0.15) is 24.8 Å². The first kappa shape index (κ1) is 16.8. The van der Waals surface area contributed by atoms with E-state index in [1.54, 1.807) is 0 Å². The Morgan fingerprint density at radius 3 is 2.65 bits per heavy atom. The van der Waals surface area contributed by atoms with Crippen LogP contribution in [-0.2, 0) is 4.79 Å². The number of hydrogen-bond donors (Lipinski definition) is 1. The molecule has 4 nitrogen and oxygen atoms in total. The third-order valence-electron chi connectivity index (χ3n) is 5.03. The number of carbonyl (C=O) groups excluding carboxylic acids is 1. The van der Waals surface area contributed by atoms with Crippen LogP contribution < -0.4 is 10.1 Å². The van der Waals surface area contributed by atoms with E-state index in [2.05, 4.69) is 21.2 Å². The first-order valence-corrected chi connectivity index (χ1v) is 9.30. The molecule has 1 aromatic carbocycles. The molecular weight excluding hydrogens is 356 g/mol. The van der Waals surface area contributed by atoms with Gasteiger partial charge in [-0.25, -0.2) is 0 Å². The molecule has 2 saturated heterocycles. The monoisotopic (exact) mass is 380 g/mol. The number of carbonyl (C=O) groups is 1. The third-order valence-corrected chi connectivity index (χ3v) is 5.65. The summed E-state index contributed by atoms with van der Waals surface area (Å²) in [6.45, 7) is 6.52. The smallest absolute Gasteiger partial charge is 0.225 e. The van der Waals surface area contributed by atoms with Gasteiger partial charge in [-0.3, -0.25) is 4.79 Å². The molecule has 2 fully saturated rings. The Hall–Kier alpha value is -1.07. The van der Waals surface area contributed by atoms with Gasteiger partial charge in [-0.2, -0.15) is 0 Å². The minimum absolute atomic E-state index is 0.223. The lowest BCUT2D eigenvalue weighted by atomic mass is 9.92. The molecule has 2 aliphatic rings. The normalized spacial score (nSPS) is 24.2. The summed E-state index contributed by atoms with van der Waals surface area (Å²) in [7, 11) is 0. The maximum atomic E-state index is 12.4. The van der Waals surface area contributed by atoms with Crippen molar-refractivity contribution in [2.75, 3.05) is 32.8 Å². The SMILES string of the molecule is Cc1ccc(OCCC(=O)N2CC[C@@H]3CNC[C@@H]3CC2)c(Br)c1. The Morgan fingerprint density at radius 2 is 2.00 bits per heavy atom. The minimum atomic E-state index is 0.223. The molecule has 0 aromatic heterocycles. The molecule has 0 bridgehead atoms. The fourth-order valence-corrected chi connectivity index (χ4v) is 4.20. The van der Waals surface area contributed by atoms with Crippen LogP contribution in [-0.4, -0.2) is 43.6 Å². The lowest BCUT2D eigenvalue weighted by Gasteiger charge is -2.21. The lowest BCUT2D eigenvalue weighted by Crippen LogP contribution is -2.33. The van der Waals surface area contributed by atoms with Crippen molar-refractivity contribution < 1.29 is 9.53 Å². The molecule has 2 aliphatic heterocycles. The second kappa shape index (κ2) is 7.67. The standard InChI is InChI=1S/C18H25BrN2O2/c1-13-2-3-17(16(19)10-13)23-9-6-18(22)21-7-4-14-11-20-12-15(14)5-8-21/h2-3,10,14-15,20H,4-9,11-12H2,1H3/t14-,15+. The fourth-order valence-electron chi connectivity index (χ4n) is 3.60. The molecule has 1 aromatic rings. The van der Waals surface area contributed by atoms with Gasteiger partial charge in [0.25, 0.3) is 0 Å². The van der Waals surface area contributed by atoms with E-state index in [4.69, 9.17) is 4.74 Å². The Kier molecular flexibility index (Phi) is 5.59. The van der Waals surface area contributed by atoms with Gasteiger partial charge in [0.15, 0.2) is 0 Å². The van der Waals surface area contributed by atoms with E-state index < -0.39 is 0 Å². The van der Waals surface area contributed by atoms with E-state index in [1.807, 2.05) is 30.0 Å². The van der Waals surface area contributed by atoms with Crippen LogP contribution in [0.15, 0.2) is 22.7 Å². The molecule has 0 saturated carbocycles. The second-order valence-corrected chi connectivity index (χ2v) is 7.52. The molecule has 1 N–H and O–H groups in total. The lowest BCUT2D eigenvalue weighted by molar-refractivity contribution is -0.131. The summed E-state index contributed by atoms with van der Waals surface area (Å²) < 4.78 is 6.70. The van der Waals surface area contributed by atoms with Gasteiger partial charge in [-0.1, -0.05) is 6.07 Å². The minimum Gasteiger partial charge on any atom is -0.492 e. The van der Waals surface area contributed by atoms with E-state index in [-0.39, 0.29) is 5.91 Å². The van der Waals surface area contributed by atoms with E-state index >= 15 is 0 Å². The van der Waals surface area contributed by atoms with Gasteiger partial charge >= 0.3 is 0 Å². The summed E-state index contributed by atoms with van der Waals surface area (Å²) in [6.07, 6.45) is 2.72. The molecule has 0 spiro atoms. The molecule has 5 heteroatoms. The van der Waals surface area contributed by atoms with Gasteiger partial charge in [0, 0.05) is 13.1 Å². The molecule has 23 heavy (non-hydrogen) atoms. The van der Waals surface area contributed by atoms with E-state index in [1.165, 1.54) is 5.56 Å². The van der Waals surface area contributed by atoms with Crippen molar-refractivity contribution in [3.8, 4) is 5.75 Å². The predicted molar refractivity (Wildman–Crippen MR) is 94.7 cm³/mol. The zero-order chi connectivity index (χ0) is 16.2. The van der Waals surface area contributed by atoms with Crippen LogP contribution in [0.25, 0.3) is 0 Å². The Morgan fingerprint density at radius 1 is 1.30 bits per heavy atom. The van der Waals surface area contributed by atoms with Gasteiger partial charge in [0.2, 0.25) is 5.91 Å². The zero-order valence-electron chi connectivity index (χ0n) is 13.7. The largest absolute Gasteiger partial charge is 0.492 e. The van der Waals surface area contributed by atoms with Gasteiger partial charge in [-0.05, 0) is 78.3 Å². The van der Waals surface area contributed by atoms with Crippen molar-refractivity contribution in [3.63, 3.8) is 0 Å². The van der Waals surface area contributed by atoms with Crippen molar-refractivity contribution in [1.29, 1.82) is 0 Å². The molecular formula is C18H25BrN2O2. The molecule has 3 rings (SSSR count). The van der Waals surface area contributed by atoms with Gasteiger partial charge < -0.3 is 15.0 Å². The number of halogens is 1. The Labute approximate surface area is 146 Å². The summed E-state index contributed by atoms with van der Waals surface area (Å²) in [5, 5.41) is 3.47. The number of fused-ring (bicyclic) bond motifs is 1. The maximum Gasteiger partial charge on any atom is 0.225 e. The molecule has 1 amide bonds. The van der Waals surface area contributed by atoms with Gasteiger partial charge in [0.05, 0.1) is 17.5 Å². The highest BCUT2D eigenvalue weighted by Gasteiger charge is 2.31. The molecule has 0 unspecified atom stereocenters. The highest BCUT2D eigenvalue weighted by molar-refractivity contribution is 9.10. The second-order valence-electron chi connectivity index (χ2n) is 6.67. The van der Waals surface area contributed by atoms with E-state index in [9.17, 15) is 4.79 Å². The van der Waals surface area contributed by atoms with Crippen molar-refractivity contribution in [1.82, 2.24) is 10.2 Å². The Bertz CT molecular complexity index is 550. The number of nitrogens with zero attached hydrogens (tertiary/aromatic N) is 1. The van der Waals surface area contributed by atoms with Crippen molar-refractivity contribution in [2.45, 2.75) is 26.2 Å². The molecule has 2 atom stereocenters. The first-order chi connectivity index (χ1) is 11.1. The van der Waals surface area contributed by atoms with Crippen LogP contribution in [0, 0.1) is 18.8 Å². The van der Waals surface area contributed by atoms with Crippen LogP contribution in [0.4, 0.5) is 0 Å². The number of nitrogens with one attached hydrogen (secondary N) is 1. The van der Waals surface area contributed by atoms with Crippen molar-refractivity contribution in [3.05, 3.63) is 28.2 Å². The van der Waals surface area contributed by atoms with E-state index in [0.29, 0.717) is 13.0 Å². The topological polar surface area (TPSA) is 41.6 Å². The molecule has 0 radical (unpaired) electrons. The first-order valence-electron chi connectivity index (χ1n) is 8.51.